The molecule has 2 N–H and O–H groups in total. The Labute approximate surface area is 151 Å². The van der Waals surface area contributed by atoms with Crippen LogP contribution in [-0.2, 0) is 11.3 Å². The number of carbonyl (C=O) groups is 1. The molecule has 2 rings (SSSR count). The summed E-state index contributed by atoms with van der Waals surface area (Å²) in [4.78, 5) is 12.2. The summed E-state index contributed by atoms with van der Waals surface area (Å²) in [5.41, 5.74) is 1.52. The molecule has 5 nitrogen and oxygen atoms in total. The molecule has 0 aliphatic carbocycles. The standard InChI is InChI=1S/C19H18ClN3O2/c1-2-25-18-8-6-17(7-9-18)23-19(24)15(11-21)13-22-12-14-4-3-5-16(20)10-14/h3-10,13,22H,2,12H2,1H3,(H,23,24)/b15-13-. The first-order chi connectivity index (χ1) is 12.1. The van der Waals surface area contributed by atoms with Crippen LogP contribution in [0, 0.1) is 11.3 Å². The molecule has 0 bridgehead atoms. The molecule has 0 aliphatic heterocycles. The topological polar surface area (TPSA) is 74.1 Å². The lowest BCUT2D eigenvalue weighted by molar-refractivity contribution is -0.112. The number of anilines is 1. The van der Waals surface area contributed by atoms with Gasteiger partial charge in [0.15, 0.2) is 0 Å². The van der Waals surface area contributed by atoms with Crippen LogP contribution in [0.4, 0.5) is 5.69 Å². The number of halogens is 1. The average Bonchev–Trinajstić information content (AvgIpc) is 2.60. The van der Waals surface area contributed by atoms with E-state index in [2.05, 4.69) is 10.6 Å². The van der Waals surface area contributed by atoms with Gasteiger partial charge in [0.25, 0.3) is 5.91 Å². The zero-order chi connectivity index (χ0) is 18.1. The van der Waals surface area contributed by atoms with E-state index in [1.807, 2.05) is 31.2 Å². The summed E-state index contributed by atoms with van der Waals surface area (Å²) >= 11 is 5.92. The SMILES string of the molecule is CCOc1ccc(NC(=O)/C(C#N)=C\NCc2cccc(Cl)c2)cc1. The highest BCUT2D eigenvalue weighted by Crippen LogP contribution is 2.16. The van der Waals surface area contributed by atoms with Crippen molar-refractivity contribution < 1.29 is 9.53 Å². The number of nitrogens with zero attached hydrogens (tertiary/aromatic N) is 1. The molecule has 0 atom stereocenters. The summed E-state index contributed by atoms with van der Waals surface area (Å²) in [5, 5.41) is 15.4. The van der Waals surface area contributed by atoms with Crippen molar-refractivity contribution in [2.24, 2.45) is 0 Å². The van der Waals surface area contributed by atoms with Crippen molar-refractivity contribution in [3.8, 4) is 11.8 Å². The summed E-state index contributed by atoms with van der Waals surface area (Å²) in [5.74, 6) is 0.241. The number of benzene rings is 2. The molecule has 0 spiro atoms. The van der Waals surface area contributed by atoms with E-state index in [1.54, 1.807) is 30.3 Å². The first kappa shape index (κ1) is 18.4. The summed E-state index contributed by atoms with van der Waals surface area (Å²) in [7, 11) is 0. The predicted octanol–water partition coefficient (Wildman–Crippen LogP) is 3.87. The number of hydrogen-bond donors (Lipinski definition) is 2. The van der Waals surface area contributed by atoms with E-state index < -0.39 is 5.91 Å². The van der Waals surface area contributed by atoms with Gasteiger partial charge in [-0.3, -0.25) is 4.79 Å². The van der Waals surface area contributed by atoms with Gasteiger partial charge in [-0.2, -0.15) is 5.26 Å². The molecule has 2 aromatic carbocycles. The second-order valence-electron chi connectivity index (χ2n) is 5.09. The number of hydrogen-bond acceptors (Lipinski definition) is 4. The monoisotopic (exact) mass is 355 g/mol. The highest BCUT2D eigenvalue weighted by atomic mass is 35.5. The van der Waals surface area contributed by atoms with Crippen LogP contribution in [0.2, 0.25) is 5.02 Å². The lowest BCUT2D eigenvalue weighted by atomic mass is 10.2. The Hall–Kier alpha value is -2.97. The molecule has 1 amide bonds. The Morgan fingerprint density at radius 3 is 2.68 bits per heavy atom. The second-order valence-corrected chi connectivity index (χ2v) is 5.53. The maximum Gasteiger partial charge on any atom is 0.267 e. The van der Waals surface area contributed by atoms with Gasteiger partial charge in [0.05, 0.1) is 6.61 Å². The van der Waals surface area contributed by atoms with E-state index in [-0.39, 0.29) is 5.57 Å². The fraction of sp³-hybridized carbons (Fsp3) is 0.158. The molecular weight excluding hydrogens is 338 g/mol. The molecule has 0 heterocycles. The van der Waals surface area contributed by atoms with Crippen LogP contribution < -0.4 is 15.4 Å². The maximum atomic E-state index is 12.2. The minimum atomic E-state index is -0.481. The van der Waals surface area contributed by atoms with Crippen molar-refractivity contribution in [3.63, 3.8) is 0 Å². The van der Waals surface area contributed by atoms with Gasteiger partial charge in [-0.05, 0) is 48.9 Å². The molecule has 128 valence electrons. The van der Waals surface area contributed by atoms with Crippen molar-refractivity contribution in [2.75, 3.05) is 11.9 Å². The predicted molar refractivity (Wildman–Crippen MR) is 98.2 cm³/mol. The molecule has 0 aliphatic rings. The third-order valence-electron chi connectivity index (χ3n) is 3.23. The molecule has 0 saturated heterocycles. The number of nitrogens with one attached hydrogen (secondary N) is 2. The fourth-order valence-corrected chi connectivity index (χ4v) is 2.28. The first-order valence-corrected chi connectivity index (χ1v) is 8.12. The Balaban J connectivity index is 1.94. The number of ether oxygens (including phenoxy) is 1. The van der Waals surface area contributed by atoms with Crippen molar-refractivity contribution in [2.45, 2.75) is 13.5 Å². The number of amides is 1. The summed E-state index contributed by atoms with van der Waals surface area (Å²) < 4.78 is 5.34. The zero-order valence-corrected chi connectivity index (χ0v) is 14.5. The maximum absolute atomic E-state index is 12.2. The van der Waals surface area contributed by atoms with Crippen LogP contribution in [0.5, 0.6) is 5.75 Å². The first-order valence-electron chi connectivity index (χ1n) is 7.74. The Kier molecular flexibility index (Phi) is 6.87. The highest BCUT2D eigenvalue weighted by molar-refractivity contribution is 6.30. The van der Waals surface area contributed by atoms with Crippen molar-refractivity contribution in [1.82, 2.24) is 5.32 Å². The van der Waals surface area contributed by atoms with Crippen LogP contribution in [0.15, 0.2) is 60.3 Å². The Morgan fingerprint density at radius 2 is 2.04 bits per heavy atom. The third-order valence-corrected chi connectivity index (χ3v) is 3.46. The average molecular weight is 356 g/mol. The number of carbonyl (C=O) groups excluding carboxylic acids is 1. The Bertz CT molecular complexity index is 795. The smallest absolute Gasteiger partial charge is 0.267 e. The van der Waals surface area contributed by atoms with Crippen LogP contribution in [-0.4, -0.2) is 12.5 Å². The van der Waals surface area contributed by atoms with Gasteiger partial charge in [-0.15, -0.1) is 0 Å². The largest absolute Gasteiger partial charge is 0.494 e. The molecule has 0 aromatic heterocycles. The molecule has 0 fully saturated rings. The van der Waals surface area contributed by atoms with E-state index >= 15 is 0 Å². The molecule has 0 saturated carbocycles. The van der Waals surface area contributed by atoms with Gasteiger partial charge >= 0.3 is 0 Å². The molecule has 2 aromatic rings. The number of rotatable bonds is 7. The van der Waals surface area contributed by atoms with Crippen molar-refractivity contribution in [3.05, 3.63) is 70.9 Å². The zero-order valence-electron chi connectivity index (χ0n) is 13.8. The van der Waals surface area contributed by atoms with E-state index in [1.165, 1.54) is 6.20 Å². The van der Waals surface area contributed by atoms with Crippen LogP contribution in [0.25, 0.3) is 0 Å². The molecule has 0 radical (unpaired) electrons. The Morgan fingerprint density at radius 1 is 1.28 bits per heavy atom. The lowest BCUT2D eigenvalue weighted by Gasteiger charge is -2.07. The van der Waals surface area contributed by atoms with E-state index in [9.17, 15) is 4.79 Å². The second kappa shape index (κ2) is 9.36. The molecule has 25 heavy (non-hydrogen) atoms. The normalized spacial score (nSPS) is 10.7. The van der Waals surface area contributed by atoms with Gasteiger partial charge in [0.1, 0.15) is 17.4 Å². The van der Waals surface area contributed by atoms with Crippen LogP contribution in [0.3, 0.4) is 0 Å². The van der Waals surface area contributed by atoms with Crippen molar-refractivity contribution >= 4 is 23.2 Å². The van der Waals surface area contributed by atoms with Gasteiger partial charge in [-0.25, -0.2) is 0 Å². The van der Waals surface area contributed by atoms with Gasteiger partial charge in [0.2, 0.25) is 0 Å². The third kappa shape index (κ3) is 5.87. The summed E-state index contributed by atoms with van der Waals surface area (Å²) in [6.45, 7) is 2.93. The van der Waals surface area contributed by atoms with E-state index in [0.717, 1.165) is 11.3 Å². The van der Waals surface area contributed by atoms with Crippen LogP contribution >= 0.6 is 11.6 Å². The minimum Gasteiger partial charge on any atom is -0.494 e. The van der Waals surface area contributed by atoms with Crippen molar-refractivity contribution in [1.29, 1.82) is 5.26 Å². The van der Waals surface area contributed by atoms with Gasteiger partial charge < -0.3 is 15.4 Å². The highest BCUT2D eigenvalue weighted by Gasteiger charge is 2.09. The lowest BCUT2D eigenvalue weighted by Crippen LogP contribution is -2.16. The fourth-order valence-electron chi connectivity index (χ4n) is 2.07. The van der Waals surface area contributed by atoms with Crippen LogP contribution in [0.1, 0.15) is 12.5 Å². The van der Waals surface area contributed by atoms with Gasteiger partial charge in [0, 0.05) is 23.5 Å². The molecule has 6 heteroatoms. The number of nitriles is 1. The molecular formula is C19H18ClN3O2. The minimum absolute atomic E-state index is 0.0177. The van der Waals surface area contributed by atoms with E-state index in [4.69, 9.17) is 21.6 Å². The van der Waals surface area contributed by atoms with Gasteiger partial charge in [-0.1, -0.05) is 23.7 Å². The van der Waals surface area contributed by atoms with E-state index in [0.29, 0.717) is 23.9 Å². The summed E-state index contributed by atoms with van der Waals surface area (Å²) in [6.07, 6.45) is 1.39. The quantitative estimate of drug-likeness (QED) is 0.584. The molecule has 0 unspecified atom stereocenters. The summed E-state index contributed by atoms with van der Waals surface area (Å²) in [6, 6.07) is 16.2.